The predicted octanol–water partition coefficient (Wildman–Crippen LogP) is 3.42. The molecule has 0 spiro atoms. The Bertz CT molecular complexity index is 229. The molecule has 0 amide bonds. The van der Waals surface area contributed by atoms with Gasteiger partial charge >= 0.3 is 0 Å². The highest BCUT2D eigenvalue weighted by Crippen LogP contribution is 2.39. The van der Waals surface area contributed by atoms with Gasteiger partial charge in [0.25, 0.3) is 0 Å². The number of nitrogens with one attached hydrogen (secondary N) is 1. The van der Waals surface area contributed by atoms with Gasteiger partial charge in [-0.2, -0.15) is 0 Å². The number of nitrogens with zero attached hydrogens (tertiary/aromatic N) is 1. The highest BCUT2D eigenvalue weighted by atomic mass is 15.1. The Labute approximate surface area is 114 Å². The second-order valence-corrected chi connectivity index (χ2v) is 6.81. The second kappa shape index (κ2) is 6.91. The zero-order valence-corrected chi connectivity index (χ0v) is 12.5. The molecule has 0 saturated heterocycles. The summed E-state index contributed by atoms with van der Waals surface area (Å²) in [7, 11) is 2.33. The molecular formula is C16H32N2. The van der Waals surface area contributed by atoms with Crippen molar-refractivity contribution in [3.8, 4) is 0 Å². The summed E-state index contributed by atoms with van der Waals surface area (Å²) >= 11 is 0. The molecule has 106 valence electrons. The van der Waals surface area contributed by atoms with Crippen LogP contribution in [0.25, 0.3) is 0 Å². The van der Waals surface area contributed by atoms with Crippen LogP contribution in [0, 0.1) is 5.41 Å². The van der Waals surface area contributed by atoms with Crippen LogP contribution in [0.15, 0.2) is 0 Å². The molecule has 1 N–H and O–H groups in total. The number of hydrogen-bond acceptors (Lipinski definition) is 2. The maximum atomic E-state index is 3.79. The molecule has 0 unspecified atom stereocenters. The van der Waals surface area contributed by atoms with E-state index >= 15 is 0 Å². The van der Waals surface area contributed by atoms with E-state index in [4.69, 9.17) is 0 Å². The third-order valence-electron chi connectivity index (χ3n) is 4.76. The van der Waals surface area contributed by atoms with Crippen LogP contribution < -0.4 is 5.32 Å². The lowest BCUT2D eigenvalue weighted by atomic mass is 9.85. The van der Waals surface area contributed by atoms with Crippen molar-refractivity contribution in [3.05, 3.63) is 0 Å². The maximum absolute atomic E-state index is 3.79. The van der Waals surface area contributed by atoms with Crippen LogP contribution in [-0.2, 0) is 0 Å². The van der Waals surface area contributed by atoms with Crippen LogP contribution >= 0.6 is 0 Å². The molecule has 0 aromatic rings. The molecular weight excluding hydrogens is 220 g/mol. The van der Waals surface area contributed by atoms with Crippen LogP contribution in [0.2, 0.25) is 0 Å². The fourth-order valence-electron chi connectivity index (χ4n) is 3.45. The zero-order valence-electron chi connectivity index (χ0n) is 12.5. The Morgan fingerprint density at radius 3 is 2.50 bits per heavy atom. The molecule has 0 heterocycles. The second-order valence-electron chi connectivity index (χ2n) is 6.81. The van der Waals surface area contributed by atoms with E-state index in [-0.39, 0.29) is 0 Å². The van der Waals surface area contributed by atoms with E-state index in [0.29, 0.717) is 5.41 Å². The Morgan fingerprint density at radius 2 is 1.89 bits per heavy atom. The molecule has 18 heavy (non-hydrogen) atoms. The fraction of sp³-hybridized carbons (Fsp3) is 1.00. The molecule has 0 bridgehead atoms. The summed E-state index contributed by atoms with van der Waals surface area (Å²) in [4.78, 5) is 2.59. The fourth-order valence-corrected chi connectivity index (χ4v) is 3.45. The minimum atomic E-state index is 0.601. The SMILES string of the molecule is CCCCCN(C)CC1(CNC2CC2)CCCC1. The average Bonchev–Trinajstić information content (AvgIpc) is 3.08. The molecule has 2 aliphatic rings. The number of hydrogen-bond donors (Lipinski definition) is 1. The number of unbranched alkanes of at least 4 members (excludes halogenated alkanes) is 2. The van der Waals surface area contributed by atoms with E-state index in [1.807, 2.05) is 0 Å². The van der Waals surface area contributed by atoms with Gasteiger partial charge in [-0.05, 0) is 51.1 Å². The summed E-state index contributed by atoms with van der Waals surface area (Å²) in [6.07, 6.45) is 12.7. The van der Waals surface area contributed by atoms with Crippen molar-refractivity contribution in [3.63, 3.8) is 0 Å². The van der Waals surface area contributed by atoms with Crippen molar-refractivity contribution in [1.29, 1.82) is 0 Å². The van der Waals surface area contributed by atoms with Crippen LogP contribution in [0.1, 0.15) is 64.7 Å². The Hall–Kier alpha value is -0.0800. The zero-order chi connectivity index (χ0) is 12.8. The first-order valence-electron chi connectivity index (χ1n) is 8.16. The van der Waals surface area contributed by atoms with Crippen LogP contribution in [0.4, 0.5) is 0 Å². The van der Waals surface area contributed by atoms with Gasteiger partial charge in [-0.25, -0.2) is 0 Å². The minimum Gasteiger partial charge on any atom is -0.313 e. The van der Waals surface area contributed by atoms with E-state index in [1.54, 1.807) is 0 Å². The first kappa shape index (κ1) is 14.3. The van der Waals surface area contributed by atoms with Gasteiger partial charge < -0.3 is 10.2 Å². The van der Waals surface area contributed by atoms with E-state index in [2.05, 4.69) is 24.2 Å². The summed E-state index contributed by atoms with van der Waals surface area (Å²) in [5, 5.41) is 3.79. The Morgan fingerprint density at radius 1 is 1.17 bits per heavy atom. The van der Waals surface area contributed by atoms with Gasteiger partial charge in [-0.3, -0.25) is 0 Å². The quantitative estimate of drug-likeness (QED) is 0.633. The summed E-state index contributed by atoms with van der Waals surface area (Å²) in [5.74, 6) is 0. The van der Waals surface area contributed by atoms with Crippen molar-refractivity contribution in [2.24, 2.45) is 5.41 Å². The summed E-state index contributed by atoms with van der Waals surface area (Å²) < 4.78 is 0. The topological polar surface area (TPSA) is 15.3 Å². The normalized spacial score (nSPS) is 22.8. The van der Waals surface area contributed by atoms with Gasteiger partial charge in [0, 0.05) is 19.1 Å². The summed E-state index contributed by atoms with van der Waals surface area (Å²) in [6.45, 7) is 6.17. The van der Waals surface area contributed by atoms with E-state index in [0.717, 1.165) is 6.04 Å². The standard InChI is InChI=1S/C16H32N2/c1-3-4-7-12-18(2)14-16(10-5-6-11-16)13-17-15-8-9-15/h15,17H,3-14H2,1-2H3. The highest BCUT2D eigenvalue weighted by molar-refractivity contribution is 4.92. The van der Waals surface area contributed by atoms with Crippen LogP contribution in [0.3, 0.4) is 0 Å². The first-order chi connectivity index (χ1) is 8.74. The largest absolute Gasteiger partial charge is 0.313 e. The van der Waals surface area contributed by atoms with Gasteiger partial charge in [-0.15, -0.1) is 0 Å². The summed E-state index contributed by atoms with van der Waals surface area (Å²) in [5.41, 5.74) is 0.601. The molecule has 2 heteroatoms. The molecule has 2 nitrogen and oxygen atoms in total. The van der Waals surface area contributed by atoms with Crippen molar-refractivity contribution in [2.75, 3.05) is 26.7 Å². The monoisotopic (exact) mass is 252 g/mol. The third-order valence-corrected chi connectivity index (χ3v) is 4.76. The third kappa shape index (κ3) is 4.55. The lowest BCUT2D eigenvalue weighted by Gasteiger charge is -2.34. The van der Waals surface area contributed by atoms with E-state index < -0.39 is 0 Å². The van der Waals surface area contributed by atoms with Crippen molar-refractivity contribution in [1.82, 2.24) is 10.2 Å². The molecule has 2 rings (SSSR count). The van der Waals surface area contributed by atoms with Crippen molar-refractivity contribution in [2.45, 2.75) is 70.8 Å². The van der Waals surface area contributed by atoms with Crippen molar-refractivity contribution < 1.29 is 0 Å². The average molecular weight is 252 g/mol. The molecule has 0 atom stereocenters. The molecule has 2 fully saturated rings. The lowest BCUT2D eigenvalue weighted by Crippen LogP contribution is -2.42. The predicted molar refractivity (Wildman–Crippen MR) is 78.9 cm³/mol. The van der Waals surface area contributed by atoms with Gasteiger partial charge in [0.15, 0.2) is 0 Å². The molecule has 0 radical (unpaired) electrons. The van der Waals surface area contributed by atoms with Gasteiger partial charge in [0.2, 0.25) is 0 Å². The molecule has 2 aliphatic carbocycles. The summed E-state index contributed by atoms with van der Waals surface area (Å²) in [6, 6.07) is 0.868. The minimum absolute atomic E-state index is 0.601. The lowest BCUT2D eigenvalue weighted by molar-refractivity contribution is 0.170. The number of rotatable bonds is 9. The Balaban J connectivity index is 1.73. The molecule has 0 aliphatic heterocycles. The maximum Gasteiger partial charge on any atom is 0.00684 e. The highest BCUT2D eigenvalue weighted by Gasteiger charge is 2.36. The van der Waals surface area contributed by atoms with Gasteiger partial charge in [-0.1, -0.05) is 32.6 Å². The molecule has 0 aromatic carbocycles. The first-order valence-corrected chi connectivity index (χ1v) is 8.16. The molecule has 2 saturated carbocycles. The Kier molecular flexibility index (Phi) is 5.50. The van der Waals surface area contributed by atoms with Crippen LogP contribution in [-0.4, -0.2) is 37.6 Å². The smallest absolute Gasteiger partial charge is 0.00684 e. The van der Waals surface area contributed by atoms with Gasteiger partial charge in [0.05, 0.1) is 0 Å². The van der Waals surface area contributed by atoms with Crippen molar-refractivity contribution >= 4 is 0 Å². The van der Waals surface area contributed by atoms with E-state index in [9.17, 15) is 0 Å². The van der Waals surface area contributed by atoms with Gasteiger partial charge in [0.1, 0.15) is 0 Å². The van der Waals surface area contributed by atoms with Crippen LogP contribution in [0.5, 0.6) is 0 Å². The molecule has 0 aromatic heterocycles. The van der Waals surface area contributed by atoms with E-state index in [1.165, 1.54) is 77.4 Å².